The molecule has 16 heavy (non-hydrogen) atoms. The van der Waals surface area contributed by atoms with Crippen molar-refractivity contribution in [2.24, 2.45) is 0 Å². The zero-order chi connectivity index (χ0) is 11.4. The van der Waals surface area contributed by atoms with Gasteiger partial charge in [-0.05, 0) is 23.3 Å². The standard InChI is InChI=1S/C12H17NO3/c1-14-3-4-16-12-6-10-8-13-7-9(10)5-11(12)15-2/h5-6,13H,3-4,7-8H2,1-2H3. The van der Waals surface area contributed by atoms with Gasteiger partial charge in [0.25, 0.3) is 0 Å². The second-order valence-corrected chi connectivity index (χ2v) is 3.72. The smallest absolute Gasteiger partial charge is 0.161 e. The Morgan fingerprint density at radius 2 is 1.75 bits per heavy atom. The third-order valence-electron chi connectivity index (χ3n) is 2.66. The average Bonchev–Trinajstić information content (AvgIpc) is 2.75. The Bertz CT molecular complexity index is 366. The van der Waals surface area contributed by atoms with E-state index in [1.807, 2.05) is 12.1 Å². The maximum atomic E-state index is 5.62. The van der Waals surface area contributed by atoms with Gasteiger partial charge < -0.3 is 19.5 Å². The summed E-state index contributed by atoms with van der Waals surface area (Å²) in [6.07, 6.45) is 0. The molecule has 2 rings (SSSR count). The lowest BCUT2D eigenvalue weighted by Gasteiger charge is -2.12. The summed E-state index contributed by atoms with van der Waals surface area (Å²) in [5.74, 6) is 1.58. The third-order valence-corrected chi connectivity index (χ3v) is 2.66. The zero-order valence-electron chi connectivity index (χ0n) is 9.71. The Labute approximate surface area is 95.5 Å². The Balaban J connectivity index is 2.15. The molecular formula is C12H17NO3. The molecule has 0 aromatic heterocycles. The summed E-state index contributed by atoms with van der Waals surface area (Å²) >= 11 is 0. The fraction of sp³-hybridized carbons (Fsp3) is 0.500. The highest BCUT2D eigenvalue weighted by atomic mass is 16.5. The van der Waals surface area contributed by atoms with Gasteiger partial charge in [0, 0.05) is 20.2 Å². The van der Waals surface area contributed by atoms with Crippen LogP contribution >= 0.6 is 0 Å². The summed E-state index contributed by atoms with van der Waals surface area (Å²) in [6.45, 7) is 2.93. The first kappa shape index (κ1) is 11.2. The van der Waals surface area contributed by atoms with Gasteiger partial charge in [-0.1, -0.05) is 0 Å². The predicted molar refractivity (Wildman–Crippen MR) is 60.9 cm³/mol. The fourth-order valence-electron chi connectivity index (χ4n) is 1.81. The first-order valence-corrected chi connectivity index (χ1v) is 5.37. The molecule has 4 nitrogen and oxygen atoms in total. The van der Waals surface area contributed by atoms with Crippen LogP contribution in [0.1, 0.15) is 11.1 Å². The average molecular weight is 223 g/mol. The molecule has 0 spiro atoms. The first-order chi connectivity index (χ1) is 7.85. The highest BCUT2D eigenvalue weighted by Gasteiger charge is 2.15. The van der Waals surface area contributed by atoms with Crippen molar-refractivity contribution >= 4 is 0 Å². The highest BCUT2D eigenvalue weighted by Crippen LogP contribution is 2.32. The van der Waals surface area contributed by atoms with Crippen LogP contribution in [0.4, 0.5) is 0 Å². The van der Waals surface area contributed by atoms with Crippen LogP contribution in [-0.2, 0) is 17.8 Å². The van der Waals surface area contributed by atoms with Crippen molar-refractivity contribution in [1.29, 1.82) is 0 Å². The molecule has 88 valence electrons. The summed E-state index contributed by atoms with van der Waals surface area (Å²) in [5.41, 5.74) is 2.57. The number of hydrogen-bond acceptors (Lipinski definition) is 4. The molecule has 1 aromatic rings. The molecule has 1 aliphatic heterocycles. The van der Waals surface area contributed by atoms with E-state index >= 15 is 0 Å². The quantitative estimate of drug-likeness (QED) is 0.764. The van der Waals surface area contributed by atoms with Crippen molar-refractivity contribution in [3.8, 4) is 11.5 Å². The van der Waals surface area contributed by atoms with Crippen molar-refractivity contribution in [2.45, 2.75) is 13.1 Å². The Morgan fingerprint density at radius 3 is 2.38 bits per heavy atom. The number of hydrogen-bond donors (Lipinski definition) is 1. The van der Waals surface area contributed by atoms with Gasteiger partial charge in [0.1, 0.15) is 6.61 Å². The minimum absolute atomic E-state index is 0.541. The lowest BCUT2D eigenvalue weighted by Crippen LogP contribution is -2.05. The van der Waals surface area contributed by atoms with Crippen molar-refractivity contribution in [2.75, 3.05) is 27.4 Å². The molecule has 0 amide bonds. The molecule has 1 N–H and O–H groups in total. The van der Waals surface area contributed by atoms with Crippen molar-refractivity contribution in [3.63, 3.8) is 0 Å². The van der Waals surface area contributed by atoms with Gasteiger partial charge in [0.05, 0.1) is 13.7 Å². The van der Waals surface area contributed by atoms with Crippen LogP contribution in [0.15, 0.2) is 12.1 Å². The van der Waals surface area contributed by atoms with E-state index < -0.39 is 0 Å². The molecule has 1 aromatic carbocycles. The fourth-order valence-corrected chi connectivity index (χ4v) is 1.81. The number of methoxy groups -OCH3 is 2. The first-order valence-electron chi connectivity index (χ1n) is 5.37. The summed E-state index contributed by atoms with van der Waals surface area (Å²) in [5, 5.41) is 3.30. The summed E-state index contributed by atoms with van der Waals surface area (Å²) in [4.78, 5) is 0. The normalized spacial score (nSPS) is 13.6. The predicted octanol–water partition coefficient (Wildman–Crippen LogP) is 1.32. The summed E-state index contributed by atoms with van der Waals surface area (Å²) in [6, 6.07) is 4.08. The van der Waals surface area contributed by atoms with E-state index in [0.717, 1.165) is 24.6 Å². The van der Waals surface area contributed by atoms with Crippen LogP contribution in [0, 0.1) is 0 Å². The van der Waals surface area contributed by atoms with E-state index in [1.54, 1.807) is 14.2 Å². The Hall–Kier alpha value is -1.26. The van der Waals surface area contributed by atoms with Crippen LogP contribution in [0.3, 0.4) is 0 Å². The number of rotatable bonds is 5. The van der Waals surface area contributed by atoms with Gasteiger partial charge >= 0.3 is 0 Å². The van der Waals surface area contributed by atoms with E-state index in [2.05, 4.69) is 5.32 Å². The topological polar surface area (TPSA) is 39.7 Å². The SMILES string of the molecule is COCCOc1cc2c(cc1OC)CNC2. The molecule has 4 heteroatoms. The van der Waals surface area contributed by atoms with Crippen LogP contribution in [0.2, 0.25) is 0 Å². The summed E-state index contributed by atoms with van der Waals surface area (Å²) in [7, 11) is 3.32. The van der Waals surface area contributed by atoms with Crippen LogP contribution < -0.4 is 14.8 Å². The van der Waals surface area contributed by atoms with E-state index in [-0.39, 0.29) is 0 Å². The largest absolute Gasteiger partial charge is 0.493 e. The third kappa shape index (κ3) is 2.28. The molecule has 0 saturated heterocycles. The molecule has 1 aliphatic rings. The van der Waals surface area contributed by atoms with Crippen molar-refractivity contribution < 1.29 is 14.2 Å². The van der Waals surface area contributed by atoms with Gasteiger partial charge in [0.2, 0.25) is 0 Å². The lowest BCUT2D eigenvalue weighted by atomic mass is 10.1. The molecular weight excluding hydrogens is 206 g/mol. The number of nitrogens with one attached hydrogen (secondary N) is 1. The number of fused-ring (bicyclic) bond motifs is 1. The van der Waals surface area contributed by atoms with Gasteiger partial charge in [-0.3, -0.25) is 0 Å². The molecule has 0 saturated carbocycles. The van der Waals surface area contributed by atoms with E-state index in [1.165, 1.54) is 11.1 Å². The molecule has 0 aliphatic carbocycles. The van der Waals surface area contributed by atoms with E-state index in [9.17, 15) is 0 Å². The van der Waals surface area contributed by atoms with Crippen molar-refractivity contribution in [1.82, 2.24) is 5.32 Å². The minimum atomic E-state index is 0.541. The molecule has 0 fully saturated rings. The second kappa shape index (κ2) is 5.18. The highest BCUT2D eigenvalue weighted by molar-refractivity contribution is 5.48. The van der Waals surface area contributed by atoms with Crippen LogP contribution in [-0.4, -0.2) is 27.4 Å². The molecule has 0 unspecified atom stereocenters. The summed E-state index contributed by atoms with van der Waals surface area (Å²) < 4.78 is 15.9. The van der Waals surface area contributed by atoms with Gasteiger partial charge in [-0.15, -0.1) is 0 Å². The molecule has 0 radical (unpaired) electrons. The minimum Gasteiger partial charge on any atom is -0.493 e. The van der Waals surface area contributed by atoms with Gasteiger partial charge in [-0.25, -0.2) is 0 Å². The molecule has 0 bridgehead atoms. The lowest BCUT2D eigenvalue weighted by molar-refractivity contribution is 0.144. The Kier molecular flexibility index (Phi) is 3.64. The maximum absolute atomic E-state index is 5.62. The van der Waals surface area contributed by atoms with E-state index in [0.29, 0.717) is 13.2 Å². The Morgan fingerprint density at radius 1 is 1.06 bits per heavy atom. The second-order valence-electron chi connectivity index (χ2n) is 3.72. The van der Waals surface area contributed by atoms with Gasteiger partial charge in [-0.2, -0.15) is 0 Å². The van der Waals surface area contributed by atoms with Crippen LogP contribution in [0.25, 0.3) is 0 Å². The number of benzene rings is 1. The van der Waals surface area contributed by atoms with Crippen molar-refractivity contribution in [3.05, 3.63) is 23.3 Å². The zero-order valence-corrected chi connectivity index (χ0v) is 9.71. The van der Waals surface area contributed by atoms with E-state index in [4.69, 9.17) is 14.2 Å². The molecule has 1 heterocycles. The molecule has 0 atom stereocenters. The monoisotopic (exact) mass is 223 g/mol. The number of ether oxygens (including phenoxy) is 3. The van der Waals surface area contributed by atoms with Gasteiger partial charge in [0.15, 0.2) is 11.5 Å². The van der Waals surface area contributed by atoms with Crippen LogP contribution in [0.5, 0.6) is 11.5 Å². The maximum Gasteiger partial charge on any atom is 0.161 e.